The van der Waals surface area contributed by atoms with Crippen molar-refractivity contribution in [3.05, 3.63) is 82.5 Å². The van der Waals surface area contributed by atoms with Crippen molar-refractivity contribution in [1.82, 2.24) is 19.4 Å². The lowest BCUT2D eigenvalue weighted by Gasteiger charge is -2.18. The van der Waals surface area contributed by atoms with Gasteiger partial charge >= 0.3 is 0 Å². The van der Waals surface area contributed by atoms with Crippen molar-refractivity contribution in [3.63, 3.8) is 0 Å². The largest absolute Gasteiger partial charge is 0.386 e. The fraction of sp³-hybridized carbons (Fsp3) is 0.120. The normalized spacial score (nSPS) is 11.9. The third-order valence-electron chi connectivity index (χ3n) is 5.66. The number of fused-ring (bicyclic) bond motifs is 3. The molecule has 5 aromatic rings. The molecular weight excluding hydrogens is 473 g/mol. The van der Waals surface area contributed by atoms with E-state index in [9.17, 15) is 9.90 Å². The number of aliphatic hydroxyl groups is 1. The molecule has 0 saturated carbocycles. The summed E-state index contributed by atoms with van der Waals surface area (Å²) in [7, 11) is 0. The van der Waals surface area contributed by atoms with Crippen molar-refractivity contribution < 1.29 is 9.90 Å². The van der Waals surface area contributed by atoms with Crippen LogP contribution in [0.25, 0.3) is 38.9 Å². The van der Waals surface area contributed by atoms with Gasteiger partial charge in [-0.3, -0.25) is 19.2 Å². The zero-order chi connectivity index (χ0) is 24.2. The molecule has 0 aliphatic heterocycles. The second-order valence-electron chi connectivity index (χ2n) is 8.46. The number of pyridine rings is 3. The Morgan fingerprint density at radius 2 is 1.76 bits per heavy atom. The highest BCUT2D eigenvalue weighted by molar-refractivity contribution is 6.39. The van der Waals surface area contributed by atoms with Crippen LogP contribution in [-0.4, -0.2) is 30.4 Å². The minimum atomic E-state index is -1.04. The Kier molecular flexibility index (Phi) is 5.28. The molecule has 5 rings (SSSR count). The van der Waals surface area contributed by atoms with E-state index in [1.807, 2.05) is 12.1 Å². The molecule has 34 heavy (non-hydrogen) atoms. The summed E-state index contributed by atoms with van der Waals surface area (Å²) in [5.41, 5.74) is 9.02. The Morgan fingerprint density at radius 1 is 1.06 bits per heavy atom. The van der Waals surface area contributed by atoms with Crippen molar-refractivity contribution in [2.45, 2.75) is 19.4 Å². The molecule has 0 bridgehead atoms. The van der Waals surface area contributed by atoms with Crippen molar-refractivity contribution >= 4 is 45.7 Å². The second kappa shape index (κ2) is 8.06. The van der Waals surface area contributed by atoms with Crippen LogP contribution in [0.2, 0.25) is 10.0 Å². The van der Waals surface area contributed by atoms with Gasteiger partial charge < -0.3 is 10.8 Å². The predicted octanol–water partition coefficient (Wildman–Crippen LogP) is 5.24. The summed E-state index contributed by atoms with van der Waals surface area (Å²) in [4.78, 5) is 26.1. The summed E-state index contributed by atoms with van der Waals surface area (Å²) in [6.07, 6.45) is 6.76. The first kappa shape index (κ1) is 22.3. The molecule has 4 heterocycles. The highest BCUT2D eigenvalue weighted by Gasteiger charge is 2.24. The van der Waals surface area contributed by atoms with E-state index in [-0.39, 0.29) is 5.69 Å². The van der Waals surface area contributed by atoms with Gasteiger partial charge in [-0.15, -0.1) is 0 Å². The number of halogens is 2. The molecule has 4 aromatic heterocycles. The third-order valence-corrected chi connectivity index (χ3v) is 6.29. The second-order valence-corrected chi connectivity index (χ2v) is 9.27. The molecule has 9 heteroatoms. The zero-order valence-corrected chi connectivity index (χ0v) is 19.8. The van der Waals surface area contributed by atoms with E-state index in [1.165, 1.54) is 0 Å². The van der Waals surface area contributed by atoms with Crippen LogP contribution in [0.1, 0.15) is 29.9 Å². The van der Waals surface area contributed by atoms with Crippen molar-refractivity contribution in [2.24, 2.45) is 5.73 Å². The maximum Gasteiger partial charge on any atom is 0.268 e. The first-order valence-electron chi connectivity index (χ1n) is 10.4. The fourth-order valence-corrected chi connectivity index (χ4v) is 4.50. The van der Waals surface area contributed by atoms with Gasteiger partial charge in [-0.25, -0.2) is 4.98 Å². The van der Waals surface area contributed by atoms with E-state index in [4.69, 9.17) is 33.9 Å². The molecule has 170 valence electrons. The average molecular weight is 492 g/mol. The number of hydrogen-bond acceptors (Lipinski definition) is 5. The molecule has 0 fully saturated rings. The van der Waals surface area contributed by atoms with E-state index in [0.29, 0.717) is 43.4 Å². The van der Waals surface area contributed by atoms with Gasteiger partial charge in [0.25, 0.3) is 5.91 Å². The number of carbonyl (C=O) groups is 1. The van der Waals surface area contributed by atoms with Crippen LogP contribution in [0, 0.1) is 0 Å². The SMILES string of the molecule is CC(C)(O)c1cncc(-c2cnc3ccn4c(C(N)=O)c(-c5c(Cl)cccc5Cl)nc4c3c2)c1. The third kappa shape index (κ3) is 3.68. The summed E-state index contributed by atoms with van der Waals surface area (Å²) in [6, 6.07) is 10.6. The monoisotopic (exact) mass is 491 g/mol. The lowest BCUT2D eigenvalue weighted by atomic mass is 9.97. The number of nitrogens with two attached hydrogens (primary N) is 1. The van der Waals surface area contributed by atoms with Gasteiger partial charge in [0.15, 0.2) is 0 Å². The average Bonchev–Trinajstić information content (AvgIpc) is 3.18. The summed E-state index contributed by atoms with van der Waals surface area (Å²) in [5, 5.41) is 11.8. The minimum Gasteiger partial charge on any atom is -0.386 e. The maximum atomic E-state index is 12.5. The Morgan fingerprint density at radius 3 is 2.44 bits per heavy atom. The van der Waals surface area contributed by atoms with Gasteiger partial charge in [-0.05, 0) is 44.2 Å². The summed E-state index contributed by atoms with van der Waals surface area (Å²) in [5.74, 6) is -0.663. The number of aromatic nitrogens is 4. The highest BCUT2D eigenvalue weighted by atomic mass is 35.5. The molecule has 0 aliphatic rings. The molecule has 0 spiro atoms. The molecule has 0 atom stereocenters. The first-order chi connectivity index (χ1) is 16.1. The van der Waals surface area contributed by atoms with Gasteiger partial charge in [0.05, 0.1) is 21.2 Å². The Hall–Kier alpha value is -3.52. The Balaban J connectivity index is 1.79. The van der Waals surface area contributed by atoms with Crippen LogP contribution < -0.4 is 5.73 Å². The van der Waals surface area contributed by atoms with E-state index < -0.39 is 11.5 Å². The molecule has 3 N–H and O–H groups in total. The number of imidazole rings is 1. The topological polar surface area (TPSA) is 106 Å². The Bertz CT molecular complexity index is 1580. The molecule has 7 nitrogen and oxygen atoms in total. The van der Waals surface area contributed by atoms with Crippen molar-refractivity contribution in [1.29, 1.82) is 0 Å². The van der Waals surface area contributed by atoms with Gasteiger partial charge in [0.2, 0.25) is 0 Å². The van der Waals surface area contributed by atoms with E-state index in [2.05, 4.69) is 9.97 Å². The number of hydrogen-bond donors (Lipinski definition) is 2. The maximum absolute atomic E-state index is 12.5. The number of rotatable bonds is 4. The molecule has 1 aromatic carbocycles. The van der Waals surface area contributed by atoms with Crippen LogP contribution in [0.5, 0.6) is 0 Å². The fourth-order valence-electron chi connectivity index (χ4n) is 3.92. The molecule has 0 aliphatic carbocycles. The van der Waals surface area contributed by atoms with E-state index in [1.54, 1.807) is 67.3 Å². The van der Waals surface area contributed by atoms with Crippen molar-refractivity contribution in [2.75, 3.05) is 0 Å². The molecular formula is C25H19Cl2N5O2. The molecule has 0 unspecified atom stereocenters. The van der Waals surface area contributed by atoms with Crippen molar-refractivity contribution in [3.8, 4) is 22.4 Å². The lowest BCUT2D eigenvalue weighted by Crippen LogP contribution is -2.15. The standard InChI is InChI=1S/C25H19Cl2N5O2/c1-25(2,34)15-8-13(10-29-12-15)14-9-16-19(30-11-14)6-7-32-22(23(28)33)21(31-24(16)32)20-17(26)4-3-5-18(20)27/h3-12,34H,1-2H3,(H2,28,33). The number of nitrogens with zero attached hydrogens (tertiary/aromatic N) is 4. The predicted molar refractivity (Wildman–Crippen MR) is 133 cm³/mol. The number of benzene rings is 1. The summed E-state index contributed by atoms with van der Waals surface area (Å²) >= 11 is 12.8. The van der Waals surface area contributed by atoms with E-state index >= 15 is 0 Å². The summed E-state index contributed by atoms with van der Waals surface area (Å²) < 4.78 is 1.62. The van der Waals surface area contributed by atoms with Gasteiger partial charge in [0, 0.05) is 52.4 Å². The number of carbonyl (C=O) groups excluding carboxylic acids is 1. The Labute approximate surface area is 204 Å². The van der Waals surface area contributed by atoms with Crippen LogP contribution in [0.3, 0.4) is 0 Å². The van der Waals surface area contributed by atoms with Gasteiger partial charge in [-0.2, -0.15) is 0 Å². The molecule has 0 radical (unpaired) electrons. The van der Waals surface area contributed by atoms with Crippen LogP contribution in [-0.2, 0) is 5.60 Å². The van der Waals surface area contributed by atoms with Crippen LogP contribution in [0.15, 0.2) is 61.2 Å². The molecule has 1 amide bonds. The van der Waals surface area contributed by atoms with Gasteiger partial charge in [-0.1, -0.05) is 29.3 Å². The van der Waals surface area contributed by atoms with Crippen LogP contribution >= 0.6 is 23.2 Å². The lowest BCUT2D eigenvalue weighted by molar-refractivity contribution is 0.0782. The quantitative estimate of drug-likeness (QED) is 0.357. The smallest absolute Gasteiger partial charge is 0.268 e. The van der Waals surface area contributed by atoms with Gasteiger partial charge in [0.1, 0.15) is 17.0 Å². The molecule has 0 saturated heterocycles. The number of amides is 1. The minimum absolute atomic E-state index is 0.169. The van der Waals surface area contributed by atoms with E-state index in [0.717, 1.165) is 11.1 Å². The zero-order valence-electron chi connectivity index (χ0n) is 18.3. The highest BCUT2D eigenvalue weighted by Crippen LogP contribution is 2.37. The number of primary amides is 1. The summed E-state index contributed by atoms with van der Waals surface area (Å²) in [6.45, 7) is 3.40. The first-order valence-corrected chi connectivity index (χ1v) is 11.1. The van der Waals surface area contributed by atoms with Crippen LogP contribution in [0.4, 0.5) is 0 Å².